The third kappa shape index (κ3) is 3.44. The van der Waals surface area contributed by atoms with Crippen LogP contribution in [0, 0.1) is 0 Å². The summed E-state index contributed by atoms with van der Waals surface area (Å²) in [7, 11) is -2.21. The Morgan fingerprint density at radius 1 is 1.60 bits per heavy atom. The summed E-state index contributed by atoms with van der Waals surface area (Å²) in [5.41, 5.74) is 0. The summed E-state index contributed by atoms with van der Waals surface area (Å²) in [5.74, 6) is -0.801. The van der Waals surface area contributed by atoms with Crippen LogP contribution in [0.1, 0.15) is 12.8 Å². The van der Waals surface area contributed by atoms with Gasteiger partial charge in [-0.05, 0) is 6.42 Å². The maximum absolute atomic E-state index is 11.6. The molecule has 1 atom stereocenters. The van der Waals surface area contributed by atoms with Gasteiger partial charge in [0.1, 0.15) is 0 Å². The number of esters is 1. The number of carbonyl (C=O) groups excluding carboxylic acids is 1. The van der Waals surface area contributed by atoms with Crippen LogP contribution < -0.4 is 0 Å². The fraction of sp³-hybridized carbons (Fsp3) is 0.875. The van der Waals surface area contributed by atoms with Gasteiger partial charge in [-0.15, -0.1) is 0 Å². The van der Waals surface area contributed by atoms with E-state index in [0.717, 1.165) is 0 Å². The first-order chi connectivity index (χ1) is 6.95. The molecule has 1 heterocycles. The van der Waals surface area contributed by atoms with Crippen molar-refractivity contribution in [3.05, 3.63) is 0 Å². The van der Waals surface area contributed by atoms with Gasteiger partial charge in [0.2, 0.25) is 10.0 Å². The van der Waals surface area contributed by atoms with Crippen molar-refractivity contribution in [3.63, 3.8) is 0 Å². The minimum Gasteiger partial charge on any atom is -0.469 e. The summed E-state index contributed by atoms with van der Waals surface area (Å²) in [6.45, 7) is 0.453. The average Bonchev–Trinajstić information content (AvgIpc) is 2.62. The summed E-state index contributed by atoms with van der Waals surface area (Å²) < 4.78 is 28.8. The highest BCUT2D eigenvalue weighted by Gasteiger charge is 2.30. The largest absolute Gasteiger partial charge is 0.469 e. The molecule has 1 N–H and O–H groups in total. The SMILES string of the molecule is COC(=O)CCS(=O)(=O)N1CCC(O)C1. The number of ether oxygens (including phenoxy) is 1. The third-order valence-electron chi connectivity index (χ3n) is 2.31. The molecule has 0 aromatic rings. The van der Waals surface area contributed by atoms with Crippen LogP contribution in [-0.4, -0.2) is 55.9 Å². The number of nitrogens with zero attached hydrogens (tertiary/aromatic N) is 1. The van der Waals surface area contributed by atoms with Gasteiger partial charge in [-0.25, -0.2) is 8.42 Å². The van der Waals surface area contributed by atoms with Crippen molar-refractivity contribution in [2.75, 3.05) is 26.0 Å². The predicted molar refractivity (Wildman–Crippen MR) is 52.6 cm³/mol. The summed E-state index contributed by atoms with van der Waals surface area (Å²) in [6.07, 6.45) is -0.277. The summed E-state index contributed by atoms with van der Waals surface area (Å²) >= 11 is 0. The lowest BCUT2D eigenvalue weighted by Crippen LogP contribution is -2.32. The molecule has 1 fully saturated rings. The summed E-state index contributed by atoms with van der Waals surface area (Å²) in [4.78, 5) is 10.8. The highest BCUT2D eigenvalue weighted by atomic mass is 32.2. The third-order valence-corrected chi connectivity index (χ3v) is 4.15. The molecule has 0 amide bonds. The Hall–Kier alpha value is -0.660. The standard InChI is InChI=1S/C8H15NO5S/c1-14-8(11)3-5-15(12,13)9-4-2-7(10)6-9/h7,10H,2-6H2,1H3. The number of hydrogen-bond acceptors (Lipinski definition) is 5. The molecule has 88 valence electrons. The maximum atomic E-state index is 11.6. The molecule has 0 aromatic carbocycles. The number of sulfonamides is 1. The van der Waals surface area contributed by atoms with E-state index in [0.29, 0.717) is 13.0 Å². The topological polar surface area (TPSA) is 83.9 Å². The Kier molecular flexibility index (Phi) is 4.06. The monoisotopic (exact) mass is 237 g/mol. The van der Waals surface area contributed by atoms with Gasteiger partial charge < -0.3 is 9.84 Å². The Morgan fingerprint density at radius 3 is 2.73 bits per heavy atom. The number of methoxy groups -OCH3 is 1. The maximum Gasteiger partial charge on any atom is 0.306 e. The number of carbonyl (C=O) groups is 1. The molecule has 7 heteroatoms. The molecule has 1 rings (SSSR count). The molecular formula is C8H15NO5S. The molecule has 6 nitrogen and oxygen atoms in total. The summed E-state index contributed by atoms with van der Waals surface area (Å²) in [5, 5.41) is 9.19. The fourth-order valence-electron chi connectivity index (χ4n) is 1.41. The number of aliphatic hydroxyl groups is 1. The van der Waals surface area contributed by atoms with Crippen LogP contribution in [0.25, 0.3) is 0 Å². The number of hydrogen-bond donors (Lipinski definition) is 1. The molecule has 0 bridgehead atoms. The molecule has 15 heavy (non-hydrogen) atoms. The molecule has 1 aliphatic rings. The minimum absolute atomic E-state index is 0.128. The average molecular weight is 237 g/mol. The van der Waals surface area contributed by atoms with Gasteiger partial charge in [-0.2, -0.15) is 4.31 Å². The van der Waals surface area contributed by atoms with Gasteiger partial charge in [-0.1, -0.05) is 0 Å². The molecule has 0 saturated carbocycles. The highest BCUT2D eigenvalue weighted by molar-refractivity contribution is 7.89. The molecule has 0 radical (unpaired) electrons. The van der Waals surface area contributed by atoms with Crippen molar-refractivity contribution >= 4 is 16.0 Å². The smallest absolute Gasteiger partial charge is 0.306 e. The molecule has 0 spiro atoms. The van der Waals surface area contributed by atoms with Crippen LogP contribution in [-0.2, 0) is 19.6 Å². The zero-order valence-electron chi connectivity index (χ0n) is 8.55. The molecular weight excluding hydrogens is 222 g/mol. The molecule has 1 saturated heterocycles. The van der Waals surface area contributed by atoms with Crippen molar-refractivity contribution in [2.45, 2.75) is 18.9 Å². The van der Waals surface area contributed by atoms with Gasteiger partial charge in [0.05, 0.1) is 25.4 Å². The van der Waals surface area contributed by atoms with Gasteiger partial charge in [0.15, 0.2) is 0 Å². The van der Waals surface area contributed by atoms with E-state index in [1.165, 1.54) is 11.4 Å². The van der Waals surface area contributed by atoms with Gasteiger partial charge in [0, 0.05) is 13.1 Å². The minimum atomic E-state index is -3.43. The lowest BCUT2D eigenvalue weighted by atomic mass is 10.3. The van der Waals surface area contributed by atoms with Crippen LogP contribution in [0.2, 0.25) is 0 Å². The molecule has 0 aromatic heterocycles. The molecule has 1 aliphatic heterocycles. The Morgan fingerprint density at radius 2 is 2.27 bits per heavy atom. The Labute approximate surface area is 88.9 Å². The van der Waals surface area contributed by atoms with Crippen molar-refractivity contribution in [3.8, 4) is 0 Å². The quantitative estimate of drug-likeness (QED) is 0.630. The van der Waals surface area contributed by atoms with Crippen molar-refractivity contribution < 1.29 is 23.1 Å². The lowest BCUT2D eigenvalue weighted by molar-refractivity contribution is -0.140. The van der Waals surface area contributed by atoms with Crippen LogP contribution in [0.4, 0.5) is 0 Å². The van der Waals surface area contributed by atoms with Crippen molar-refractivity contribution in [1.82, 2.24) is 4.31 Å². The second kappa shape index (κ2) is 4.91. The number of aliphatic hydroxyl groups excluding tert-OH is 1. The second-order valence-electron chi connectivity index (χ2n) is 3.44. The van der Waals surface area contributed by atoms with Crippen molar-refractivity contribution in [1.29, 1.82) is 0 Å². The number of β-amino-alcohol motifs (C(OH)–C–C–N with tert-alkyl or cyclic N) is 1. The van der Waals surface area contributed by atoms with Gasteiger partial charge in [0.25, 0.3) is 0 Å². The Balaban J connectivity index is 2.49. The predicted octanol–water partition coefficient (Wildman–Crippen LogP) is -1.05. The fourth-order valence-corrected chi connectivity index (χ4v) is 2.87. The van der Waals surface area contributed by atoms with Gasteiger partial charge >= 0.3 is 5.97 Å². The van der Waals surface area contributed by atoms with E-state index in [1.54, 1.807) is 0 Å². The summed E-state index contributed by atoms with van der Waals surface area (Å²) in [6, 6.07) is 0. The van der Waals surface area contributed by atoms with Crippen LogP contribution >= 0.6 is 0 Å². The Bertz CT molecular complexity index is 326. The normalized spacial score (nSPS) is 22.9. The van der Waals surface area contributed by atoms with E-state index in [4.69, 9.17) is 0 Å². The van der Waals surface area contributed by atoms with E-state index in [2.05, 4.69) is 4.74 Å². The van der Waals surface area contributed by atoms with Gasteiger partial charge in [-0.3, -0.25) is 4.79 Å². The van der Waals surface area contributed by atoms with E-state index in [9.17, 15) is 18.3 Å². The van der Waals surface area contributed by atoms with E-state index in [1.807, 2.05) is 0 Å². The first-order valence-electron chi connectivity index (χ1n) is 4.68. The van der Waals surface area contributed by atoms with Crippen LogP contribution in [0.5, 0.6) is 0 Å². The van der Waals surface area contributed by atoms with E-state index in [-0.39, 0.29) is 18.7 Å². The zero-order chi connectivity index (χ0) is 11.5. The molecule has 0 aliphatic carbocycles. The first kappa shape index (κ1) is 12.4. The van der Waals surface area contributed by atoms with Crippen molar-refractivity contribution in [2.24, 2.45) is 0 Å². The van der Waals surface area contributed by atoms with E-state index < -0.39 is 22.1 Å². The van der Waals surface area contributed by atoms with Crippen LogP contribution in [0.15, 0.2) is 0 Å². The molecule has 1 unspecified atom stereocenters. The van der Waals surface area contributed by atoms with Crippen LogP contribution in [0.3, 0.4) is 0 Å². The zero-order valence-corrected chi connectivity index (χ0v) is 9.37. The highest BCUT2D eigenvalue weighted by Crippen LogP contribution is 2.14. The second-order valence-corrected chi connectivity index (χ2v) is 5.53. The first-order valence-corrected chi connectivity index (χ1v) is 6.29. The lowest BCUT2D eigenvalue weighted by Gasteiger charge is -2.14. The van der Waals surface area contributed by atoms with E-state index >= 15 is 0 Å². The number of rotatable bonds is 4.